The van der Waals surface area contributed by atoms with Gasteiger partial charge >= 0.3 is 0 Å². The summed E-state index contributed by atoms with van der Waals surface area (Å²) in [6.07, 6.45) is 5.71. The molecule has 2 aliphatic rings. The number of piperidine rings is 1. The molecule has 2 fully saturated rings. The molecule has 3 heterocycles. The summed E-state index contributed by atoms with van der Waals surface area (Å²) in [7, 11) is 1.72. The van der Waals surface area contributed by atoms with Gasteiger partial charge in [-0.3, -0.25) is 0 Å². The van der Waals surface area contributed by atoms with E-state index >= 15 is 0 Å². The van der Waals surface area contributed by atoms with Gasteiger partial charge in [-0.05, 0) is 32.0 Å². The summed E-state index contributed by atoms with van der Waals surface area (Å²) in [6.45, 7) is 4.26. The van der Waals surface area contributed by atoms with E-state index in [4.69, 9.17) is 9.47 Å². The number of methoxy groups -OCH3 is 1. The van der Waals surface area contributed by atoms with E-state index in [0.29, 0.717) is 6.61 Å². The molecule has 0 saturated carbocycles. The number of hydrogen-bond donors (Lipinski definition) is 1. The second-order valence-electron chi connectivity index (χ2n) is 5.56. The van der Waals surface area contributed by atoms with Crippen LogP contribution in [-0.4, -0.2) is 61.6 Å². The monoisotopic (exact) mass is 278 g/mol. The van der Waals surface area contributed by atoms with Crippen molar-refractivity contribution < 1.29 is 9.47 Å². The number of ether oxygens (including phenoxy) is 2. The Kier molecular flexibility index (Phi) is 4.14. The van der Waals surface area contributed by atoms with E-state index in [-0.39, 0.29) is 11.7 Å². The molecule has 1 N–H and O–H groups in total. The molecule has 2 aliphatic heterocycles. The summed E-state index contributed by atoms with van der Waals surface area (Å²) < 4.78 is 11.6. The normalized spacial score (nSPS) is 25.9. The first-order chi connectivity index (χ1) is 9.81. The summed E-state index contributed by atoms with van der Waals surface area (Å²) in [5.41, 5.74) is -0.0914. The fourth-order valence-corrected chi connectivity index (χ4v) is 3.12. The van der Waals surface area contributed by atoms with Crippen LogP contribution >= 0.6 is 0 Å². The van der Waals surface area contributed by atoms with E-state index in [1.807, 2.05) is 6.07 Å². The molecule has 0 aromatic carbocycles. The van der Waals surface area contributed by atoms with Gasteiger partial charge in [0.1, 0.15) is 0 Å². The van der Waals surface area contributed by atoms with Gasteiger partial charge in [0.15, 0.2) is 0 Å². The Morgan fingerprint density at radius 3 is 2.85 bits per heavy atom. The smallest absolute Gasteiger partial charge is 0.225 e. The quantitative estimate of drug-likeness (QED) is 0.866. The maximum atomic E-state index is 6.34. The zero-order chi connectivity index (χ0) is 13.8. The predicted octanol–water partition coefficient (Wildman–Crippen LogP) is 0.450. The van der Waals surface area contributed by atoms with Crippen molar-refractivity contribution in [2.75, 3.05) is 44.8 Å². The van der Waals surface area contributed by atoms with Gasteiger partial charge in [0.25, 0.3) is 0 Å². The Balaban J connectivity index is 1.79. The number of rotatable bonds is 3. The van der Waals surface area contributed by atoms with Crippen molar-refractivity contribution in [1.82, 2.24) is 15.3 Å². The van der Waals surface area contributed by atoms with Gasteiger partial charge in [-0.15, -0.1) is 0 Å². The Morgan fingerprint density at radius 1 is 1.40 bits per heavy atom. The third-order valence-corrected chi connectivity index (χ3v) is 4.02. The molecule has 20 heavy (non-hydrogen) atoms. The van der Waals surface area contributed by atoms with E-state index in [1.54, 1.807) is 19.5 Å². The highest BCUT2D eigenvalue weighted by atomic mass is 16.5. The second kappa shape index (κ2) is 6.03. The van der Waals surface area contributed by atoms with Gasteiger partial charge in [0.2, 0.25) is 5.95 Å². The molecule has 1 aromatic heterocycles. The van der Waals surface area contributed by atoms with Crippen LogP contribution in [0.2, 0.25) is 0 Å². The first-order valence-corrected chi connectivity index (χ1v) is 7.21. The van der Waals surface area contributed by atoms with Crippen LogP contribution in [0.4, 0.5) is 5.95 Å². The third kappa shape index (κ3) is 2.92. The third-order valence-electron chi connectivity index (χ3n) is 4.02. The van der Waals surface area contributed by atoms with Crippen LogP contribution in [0.3, 0.4) is 0 Å². The standard InChI is InChI=1S/C14H22N4O2/c1-19-10-12-9-18(13-16-5-2-6-17-13)11-14(20-12)3-7-15-8-4-14/h2,5-6,12,15H,3-4,7-11H2,1H3/t12-/m1/s1. The molecule has 1 spiro atoms. The maximum Gasteiger partial charge on any atom is 0.225 e. The van der Waals surface area contributed by atoms with Gasteiger partial charge in [-0.1, -0.05) is 0 Å². The zero-order valence-electron chi connectivity index (χ0n) is 11.9. The van der Waals surface area contributed by atoms with Crippen LogP contribution in [0.1, 0.15) is 12.8 Å². The lowest BCUT2D eigenvalue weighted by molar-refractivity contribution is -0.137. The Morgan fingerprint density at radius 2 is 2.15 bits per heavy atom. The molecule has 1 atom stereocenters. The van der Waals surface area contributed by atoms with Crippen LogP contribution in [-0.2, 0) is 9.47 Å². The SMILES string of the molecule is COC[C@H]1CN(c2ncccn2)CC2(CCNCC2)O1. The molecule has 0 bridgehead atoms. The fourth-order valence-electron chi connectivity index (χ4n) is 3.12. The number of morpholine rings is 1. The Hall–Kier alpha value is -1.24. The number of nitrogens with zero attached hydrogens (tertiary/aromatic N) is 3. The van der Waals surface area contributed by atoms with Crippen LogP contribution in [0, 0.1) is 0 Å². The van der Waals surface area contributed by atoms with Gasteiger partial charge in [0.05, 0.1) is 24.9 Å². The minimum atomic E-state index is -0.0914. The second-order valence-corrected chi connectivity index (χ2v) is 5.56. The van der Waals surface area contributed by atoms with Gasteiger partial charge in [-0.25, -0.2) is 9.97 Å². The average molecular weight is 278 g/mol. The fraction of sp³-hybridized carbons (Fsp3) is 0.714. The molecule has 3 rings (SSSR count). The highest BCUT2D eigenvalue weighted by Crippen LogP contribution is 2.31. The summed E-state index contributed by atoms with van der Waals surface area (Å²) >= 11 is 0. The molecule has 0 amide bonds. The Labute approximate surface area is 119 Å². The molecule has 0 unspecified atom stereocenters. The number of hydrogen-bond acceptors (Lipinski definition) is 6. The maximum absolute atomic E-state index is 6.34. The lowest BCUT2D eigenvalue weighted by Crippen LogP contribution is -2.60. The highest BCUT2D eigenvalue weighted by Gasteiger charge is 2.42. The number of anilines is 1. The van der Waals surface area contributed by atoms with E-state index in [0.717, 1.165) is 45.0 Å². The van der Waals surface area contributed by atoms with Crippen molar-refractivity contribution in [3.05, 3.63) is 18.5 Å². The van der Waals surface area contributed by atoms with Crippen molar-refractivity contribution in [3.8, 4) is 0 Å². The van der Waals surface area contributed by atoms with E-state index in [1.165, 1.54) is 0 Å². The van der Waals surface area contributed by atoms with E-state index < -0.39 is 0 Å². The van der Waals surface area contributed by atoms with Crippen molar-refractivity contribution in [2.24, 2.45) is 0 Å². The van der Waals surface area contributed by atoms with Crippen molar-refractivity contribution in [2.45, 2.75) is 24.5 Å². The van der Waals surface area contributed by atoms with Crippen LogP contribution in [0.25, 0.3) is 0 Å². The van der Waals surface area contributed by atoms with E-state index in [9.17, 15) is 0 Å². The van der Waals surface area contributed by atoms with Crippen molar-refractivity contribution >= 4 is 5.95 Å². The minimum absolute atomic E-state index is 0.0793. The summed E-state index contributed by atoms with van der Waals surface area (Å²) in [4.78, 5) is 11.0. The lowest BCUT2D eigenvalue weighted by atomic mass is 9.89. The van der Waals surface area contributed by atoms with Gasteiger partial charge in [-0.2, -0.15) is 0 Å². The van der Waals surface area contributed by atoms with Crippen LogP contribution < -0.4 is 10.2 Å². The van der Waals surface area contributed by atoms with Crippen LogP contribution in [0.5, 0.6) is 0 Å². The molecule has 6 nitrogen and oxygen atoms in total. The molecular formula is C14H22N4O2. The van der Waals surface area contributed by atoms with E-state index in [2.05, 4.69) is 20.2 Å². The lowest BCUT2D eigenvalue weighted by Gasteiger charge is -2.48. The molecule has 0 radical (unpaired) electrons. The number of aromatic nitrogens is 2. The molecule has 1 aromatic rings. The first-order valence-electron chi connectivity index (χ1n) is 7.21. The van der Waals surface area contributed by atoms with Crippen molar-refractivity contribution in [1.29, 1.82) is 0 Å². The van der Waals surface area contributed by atoms with Crippen LogP contribution in [0.15, 0.2) is 18.5 Å². The van der Waals surface area contributed by atoms with Gasteiger partial charge in [0, 0.05) is 26.0 Å². The predicted molar refractivity (Wildman–Crippen MR) is 75.8 cm³/mol. The average Bonchev–Trinajstić information content (AvgIpc) is 2.49. The first kappa shape index (κ1) is 13.7. The minimum Gasteiger partial charge on any atom is -0.382 e. The summed E-state index contributed by atoms with van der Waals surface area (Å²) in [5, 5.41) is 3.40. The largest absolute Gasteiger partial charge is 0.382 e. The summed E-state index contributed by atoms with van der Waals surface area (Å²) in [5.74, 6) is 0.787. The molecule has 6 heteroatoms. The molecule has 0 aliphatic carbocycles. The molecular weight excluding hydrogens is 256 g/mol. The molecule has 110 valence electrons. The Bertz CT molecular complexity index is 422. The summed E-state index contributed by atoms with van der Waals surface area (Å²) in [6, 6.07) is 1.84. The zero-order valence-corrected chi connectivity index (χ0v) is 11.9. The van der Waals surface area contributed by atoms with Gasteiger partial charge < -0.3 is 19.7 Å². The number of nitrogens with one attached hydrogen (secondary N) is 1. The topological polar surface area (TPSA) is 59.5 Å². The highest BCUT2D eigenvalue weighted by molar-refractivity contribution is 5.31. The molecule has 2 saturated heterocycles. The van der Waals surface area contributed by atoms with Crippen molar-refractivity contribution in [3.63, 3.8) is 0 Å².